The molecule has 1 heterocycles. The van der Waals surface area contributed by atoms with Crippen molar-refractivity contribution in [3.8, 4) is 0 Å². The van der Waals surface area contributed by atoms with Crippen LogP contribution in [-0.4, -0.2) is 46.0 Å². The molecule has 1 saturated heterocycles. The van der Waals surface area contributed by atoms with E-state index in [0.717, 1.165) is 25.3 Å². The van der Waals surface area contributed by atoms with Gasteiger partial charge in [0.25, 0.3) is 5.69 Å². The fourth-order valence-corrected chi connectivity index (χ4v) is 6.49. The van der Waals surface area contributed by atoms with E-state index in [-0.39, 0.29) is 46.9 Å². The zero-order valence-corrected chi connectivity index (χ0v) is 18.2. The number of nitrogens with zero attached hydrogens (tertiary/aromatic N) is 2. The van der Waals surface area contributed by atoms with Gasteiger partial charge in [-0.2, -0.15) is 0 Å². The summed E-state index contributed by atoms with van der Waals surface area (Å²) in [6.45, 7) is -0.477. The Morgan fingerprint density at radius 2 is 1.64 bits per heavy atom. The van der Waals surface area contributed by atoms with Crippen LogP contribution >= 0.6 is 0 Å². The van der Waals surface area contributed by atoms with E-state index in [1.54, 1.807) is 0 Å². The number of ketones is 1. The van der Waals surface area contributed by atoms with Crippen LogP contribution in [-0.2, 0) is 19.1 Å². The van der Waals surface area contributed by atoms with E-state index in [0.29, 0.717) is 37.5 Å². The highest BCUT2D eigenvalue weighted by atomic mass is 16.6. The van der Waals surface area contributed by atoms with E-state index in [1.165, 1.54) is 23.1 Å². The van der Waals surface area contributed by atoms with Crippen molar-refractivity contribution in [2.75, 3.05) is 6.61 Å². The van der Waals surface area contributed by atoms with Crippen molar-refractivity contribution >= 4 is 29.3 Å². The number of carbonyl (C=O) groups excluding carboxylic acids is 4. The molecule has 0 aromatic heterocycles. The first-order valence-electron chi connectivity index (χ1n) is 11.7. The fraction of sp³-hybridized carbons (Fsp3) is 0.583. The maximum Gasteiger partial charge on any atom is 0.309 e. The van der Waals surface area contributed by atoms with Crippen molar-refractivity contribution in [1.82, 2.24) is 4.90 Å². The van der Waals surface area contributed by atoms with Crippen LogP contribution in [0.4, 0.5) is 5.69 Å². The average molecular weight is 454 g/mol. The van der Waals surface area contributed by atoms with Crippen LogP contribution in [0.2, 0.25) is 0 Å². The summed E-state index contributed by atoms with van der Waals surface area (Å²) in [6.07, 6.45) is 5.21. The highest BCUT2D eigenvalue weighted by Gasteiger charge is 2.61. The Morgan fingerprint density at radius 1 is 1.00 bits per heavy atom. The highest BCUT2D eigenvalue weighted by molar-refractivity contribution is 6.06. The van der Waals surface area contributed by atoms with Gasteiger partial charge in [-0.05, 0) is 56.8 Å². The van der Waals surface area contributed by atoms with Crippen molar-refractivity contribution in [1.29, 1.82) is 0 Å². The quantitative estimate of drug-likeness (QED) is 0.213. The summed E-state index contributed by atoms with van der Waals surface area (Å²) in [7, 11) is 0. The molecule has 4 atom stereocenters. The molecule has 174 valence electrons. The lowest BCUT2D eigenvalue weighted by molar-refractivity contribution is -0.384. The van der Waals surface area contributed by atoms with E-state index in [2.05, 4.69) is 0 Å². The second-order valence-electron chi connectivity index (χ2n) is 9.78. The number of fused-ring (bicyclic) bond motifs is 5. The summed E-state index contributed by atoms with van der Waals surface area (Å²) < 4.78 is 5.19. The SMILES string of the molecule is O=C(COC(=O)C1CCC(N2C(=O)[C@H]3[C@H]4CC[C@@H](C4)[C@@H]3C2=O)CC1)c1cccc([N+](=O)[O-])c1. The van der Waals surface area contributed by atoms with Gasteiger partial charge in [-0.25, -0.2) is 0 Å². The molecule has 4 fully saturated rings. The van der Waals surface area contributed by atoms with Gasteiger partial charge in [0.15, 0.2) is 6.61 Å². The van der Waals surface area contributed by atoms with Gasteiger partial charge in [-0.15, -0.1) is 0 Å². The van der Waals surface area contributed by atoms with E-state index >= 15 is 0 Å². The number of ether oxygens (including phenoxy) is 1. The van der Waals surface area contributed by atoms with Crippen LogP contribution in [0.3, 0.4) is 0 Å². The van der Waals surface area contributed by atoms with E-state index in [4.69, 9.17) is 4.74 Å². The minimum absolute atomic E-state index is 0.00854. The lowest BCUT2D eigenvalue weighted by Gasteiger charge is -2.33. The molecular formula is C24H26N2O7. The van der Waals surface area contributed by atoms with E-state index in [9.17, 15) is 29.3 Å². The Balaban J connectivity index is 1.13. The maximum atomic E-state index is 13.0. The van der Waals surface area contributed by atoms with Crippen LogP contribution in [0.5, 0.6) is 0 Å². The number of esters is 1. The Kier molecular flexibility index (Phi) is 5.50. The predicted octanol–water partition coefficient (Wildman–Crippen LogP) is 2.91. The Hall–Kier alpha value is -3.10. The second-order valence-corrected chi connectivity index (χ2v) is 9.78. The monoisotopic (exact) mass is 454 g/mol. The van der Waals surface area contributed by atoms with Gasteiger partial charge >= 0.3 is 5.97 Å². The van der Waals surface area contributed by atoms with Crippen LogP contribution in [0.1, 0.15) is 55.3 Å². The lowest BCUT2D eigenvalue weighted by Crippen LogP contribution is -2.44. The molecule has 4 aliphatic rings. The molecule has 0 radical (unpaired) electrons. The largest absolute Gasteiger partial charge is 0.457 e. The number of amides is 2. The van der Waals surface area contributed by atoms with Gasteiger partial charge in [0.05, 0.1) is 22.7 Å². The Morgan fingerprint density at radius 3 is 2.24 bits per heavy atom. The van der Waals surface area contributed by atoms with Crippen molar-refractivity contribution in [3.63, 3.8) is 0 Å². The van der Waals surface area contributed by atoms with Crippen molar-refractivity contribution < 1.29 is 28.8 Å². The third-order valence-electron chi connectivity index (χ3n) is 8.08. The molecule has 2 bridgehead atoms. The summed E-state index contributed by atoms with van der Waals surface area (Å²) in [5.41, 5.74) is -0.0834. The third-order valence-corrected chi connectivity index (χ3v) is 8.08. The summed E-state index contributed by atoms with van der Waals surface area (Å²) in [4.78, 5) is 62.6. The van der Waals surface area contributed by atoms with Gasteiger partial charge in [-0.1, -0.05) is 12.1 Å². The normalized spacial score (nSPS) is 32.7. The molecule has 5 rings (SSSR count). The van der Waals surface area contributed by atoms with Gasteiger partial charge < -0.3 is 4.74 Å². The number of benzene rings is 1. The van der Waals surface area contributed by atoms with Crippen LogP contribution in [0.15, 0.2) is 24.3 Å². The predicted molar refractivity (Wildman–Crippen MR) is 114 cm³/mol. The molecule has 2 amide bonds. The minimum Gasteiger partial charge on any atom is -0.457 e. The van der Waals surface area contributed by atoms with Crippen molar-refractivity contribution in [2.24, 2.45) is 29.6 Å². The number of likely N-dealkylation sites (tertiary alicyclic amines) is 1. The molecule has 1 aliphatic heterocycles. The third kappa shape index (κ3) is 3.73. The molecule has 9 nitrogen and oxygen atoms in total. The Bertz CT molecular complexity index is 1000. The Labute approximate surface area is 190 Å². The summed E-state index contributed by atoms with van der Waals surface area (Å²) in [6, 6.07) is 5.14. The van der Waals surface area contributed by atoms with Gasteiger partial charge in [-0.3, -0.25) is 34.2 Å². The van der Waals surface area contributed by atoms with Crippen LogP contribution in [0, 0.1) is 39.7 Å². The molecule has 9 heteroatoms. The van der Waals surface area contributed by atoms with Gasteiger partial charge in [0, 0.05) is 23.7 Å². The van der Waals surface area contributed by atoms with Crippen molar-refractivity contribution in [3.05, 3.63) is 39.9 Å². The number of imide groups is 1. The molecule has 33 heavy (non-hydrogen) atoms. The molecule has 1 aromatic carbocycles. The van der Waals surface area contributed by atoms with E-state index in [1.807, 2.05) is 0 Å². The average Bonchev–Trinajstić information content (AvgIpc) is 3.51. The first-order valence-corrected chi connectivity index (χ1v) is 11.7. The number of hydrogen-bond donors (Lipinski definition) is 0. The fourth-order valence-electron chi connectivity index (χ4n) is 6.49. The maximum absolute atomic E-state index is 13.0. The first-order chi connectivity index (χ1) is 15.8. The molecule has 0 unspecified atom stereocenters. The molecular weight excluding hydrogens is 428 g/mol. The van der Waals surface area contributed by atoms with Gasteiger partial charge in [0.1, 0.15) is 0 Å². The smallest absolute Gasteiger partial charge is 0.309 e. The number of rotatable bonds is 6. The zero-order valence-electron chi connectivity index (χ0n) is 18.2. The number of nitro groups is 1. The lowest BCUT2D eigenvalue weighted by atomic mass is 9.81. The molecule has 1 aromatic rings. The molecule has 0 N–H and O–H groups in total. The zero-order chi connectivity index (χ0) is 23.3. The summed E-state index contributed by atoms with van der Waals surface area (Å²) >= 11 is 0. The minimum atomic E-state index is -0.588. The number of nitro benzene ring substituents is 1. The highest BCUT2D eigenvalue weighted by Crippen LogP contribution is 2.56. The number of Topliss-reactive ketones (excluding diaryl/α,β-unsaturated/α-hetero) is 1. The molecule has 3 aliphatic carbocycles. The number of hydrogen-bond acceptors (Lipinski definition) is 7. The molecule has 0 spiro atoms. The topological polar surface area (TPSA) is 124 Å². The number of non-ortho nitro benzene ring substituents is 1. The number of carbonyl (C=O) groups is 4. The van der Waals surface area contributed by atoms with E-state index < -0.39 is 23.3 Å². The standard InChI is InChI=1S/C24H26N2O7/c27-19(14-2-1-3-18(11-14)26(31)32)12-33-24(30)13-6-8-17(9-7-13)25-22(28)20-15-4-5-16(10-15)21(20)23(25)29/h1-3,11,13,15-17,20-21H,4-10,12H2/t13?,15-,16-,17?,20-,21-/m0/s1. The van der Waals surface area contributed by atoms with Crippen LogP contribution < -0.4 is 0 Å². The molecule has 3 saturated carbocycles. The summed E-state index contributed by atoms with van der Waals surface area (Å²) in [5.74, 6) is -0.930. The van der Waals surface area contributed by atoms with Gasteiger partial charge in [0.2, 0.25) is 17.6 Å². The first kappa shape index (κ1) is 21.7. The van der Waals surface area contributed by atoms with Crippen LogP contribution in [0.25, 0.3) is 0 Å². The summed E-state index contributed by atoms with van der Waals surface area (Å²) in [5, 5.41) is 10.9. The second kappa shape index (κ2) is 8.35. The van der Waals surface area contributed by atoms with Crippen molar-refractivity contribution in [2.45, 2.75) is 51.0 Å².